The number of imide groups is 2. The summed E-state index contributed by atoms with van der Waals surface area (Å²) in [5, 5.41) is 17.8. The van der Waals surface area contributed by atoms with Crippen molar-refractivity contribution >= 4 is 23.6 Å². The minimum Gasteiger partial charge on any atom is -0.396 e. The van der Waals surface area contributed by atoms with Crippen LogP contribution in [0.1, 0.15) is 25.7 Å². The average Bonchev–Trinajstić information content (AvgIpc) is 2.95. The fraction of sp³-hybridized carbons (Fsp3) is 0.750. The summed E-state index contributed by atoms with van der Waals surface area (Å²) in [4.78, 5) is 52.2. The summed E-state index contributed by atoms with van der Waals surface area (Å²) in [5.74, 6) is -3.29. The second-order valence-corrected chi connectivity index (χ2v) is 6.71. The molecule has 2 N–H and O–H groups in total. The Hall–Kier alpha value is -1.80. The minimum absolute atomic E-state index is 0.103. The van der Waals surface area contributed by atoms with Crippen molar-refractivity contribution in [2.45, 2.75) is 25.7 Å². The van der Waals surface area contributed by atoms with E-state index in [-0.39, 0.29) is 62.8 Å². The number of carbonyl (C=O) groups excluding carboxylic acids is 4. The smallest absolute Gasteiger partial charge is 0.233 e. The summed E-state index contributed by atoms with van der Waals surface area (Å²) < 4.78 is 0. The molecule has 2 heterocycles. The van der Waals surface area contributed by atoms with E-state index in [1.165, 1.54) is 9.80 Å². The number of hydrogen-bond donors (Lipinski definition) is 2. The molecule has 8 heteroatoms. The third-order valence-corrected chi connectivity index (χ3v) is 5.40. The van der Waals surface area contributed by atoms with E-state index in [1.54, 1.807) is 0 Å². The number of aliphatic hydroxyl groups excluding tert-OH is 2. The Morgan fingerprint density at radius 1 is 0.667 bits per heavy atom. The second kappa shape index (κ2) is 6.60. The first-order valence-corrected chi connectivity index (χ1v) is 8.43. The lowest BCUT2D eigenvalue weighted by Crippen LogP contribution is -2.35. The van der Waals surface area contributed by atoms with Crippen molar-refractivity contribution in [2.75, 3.05) is 26.3 Å². The summed E-state index contributed by atoms with van der Waals surface area (Å²) in [6.45, 7) is 0.158. The van der Waals surface area contributed by atoms with E-state index in [2.05, 4.69) is 0 Å². The average molecular weight is 338 g/mol. The highest BCUT2D eigenvalue weighted by molar-refractivity contribution is 6.09. The van der Waals surface area contributed by atoms with Crippen LogP contribution in [0.4, 0.5) is 0 Å². The Balaban J connectivity index is 1.76. The highest BCUT2D eigenvalue weighted by Gasteiger charge is 2.59. The first-order chi connectivity index (χ1) is 11.5. The number of fused-ring (bicyclic) bond motifs is 2. The van der Waals surface area contributed by atoms with Crippen LogP contribution in [0.3, 0.4) is 0 Å². The van der Waals surface area contributed by atoms with Crippen molar-refractivity contribution in [3.8, 4) is 0 Å². The Kier molecular flexibility index (Phi) is 4.69. The molecular formula is C16H22N2O6. The summed E-state index contributed by atoms with van der Waals surface area (Å²) >= 11 is 0. The van der Waals surface area contributed by atoms with Gasteiger partial charge in [-0.2, -0.15) is 0 Å². The first-order valence-electron chi connectivity index (χ1n) is 8.43. The van der Waals surface area contributed by atoms with E-state index in [4.69, 9.17) is 10.2 Å². The zero-order valence-electron chi connectivity index (χ0n) is 13.4. The van der Waals surface area contributed by atoms with E-state index < -0.39 is 23.7 Å². The molecule has 132 valence electrons. The molecule has 3 fully saturated rings. The summed E-state index contributed by atoms with van der Waals surface area (Å²) in [6.07, 6.45) is 1.12. The van der Waals surface area contributed by atoms with Gasteiger partial charge >= 0.3 is 0 Å². The number of hydrogen-bond acceptors (Lipinski definition) is 6. The SMILES string of the molecule is O=C1C2CC3C(=O)N(CCCO)C(=O)C3CC2C(=O)N1CCCO. The number of rotatable bonds is 6. The van der Waals surface area contributed by atoms with E-state index in [1.807, 2.05) is 0 Å². The molecule has 8 nitrogen and oxygen atoms in total. The minimum atomic E-state index is -0.535. The number of aliphatic hydroxyl groups is 2. The van der Waals surface area contributed by atoms with Gasteiger partial charge in [-0.25, -0.2) is 0 Å². The maximum absolute atomic E-state index is 12.5. The Bertz CT molecular complexity index is 487. The van der Waals surface area contributed by atoms with Crippen molar-refractivity contribution in [2.24, 2.45) is 23.7 Å². The standard InChI is InChI=1S/C16H22N2O6/c19-5-1-3-17-13(21)9-7-11-12(8-10(9)14(17)22)16(24)18(15(11)23)4-2-6-20/h9-12,19-20H,1-8H2. The number of likely N-dealkylation sites (tertiary alicyclic amines) is 2. The van der Waals surface area contributed by atoms with Gasteiger partial charge in [0.2, 0.25) is 23.6 Å². The zero-order chi connectivity index (χ0) is 17.4. The van der Waals surface area contributed by atoms with Gasteiger partial charge in [-0.3, -0.25) is 29.0 Å². The molecule has 0 radical (unpaired) electrons. The second-order valence-electron chi connectivity index (χ2n) is 6.71. The topological polar surface area (TPSA) is 115 Å². The van der Waals surface area contributed by atoms with E-state index in [0.29, 0.717) is 12.8 Å². The highest BCUT2D eigenvalue weighted by atomic mass is 16.3. The first kappa shape index (κ1) is 17.0. The number of nitrogens with zero attached hydrogens (tertiary/aromatic N) is 2. The Morgan fingerprint density at radius 2 is 0.958 bits per heavy atom. The molecule has 0 bridgehead atoms. The molecule has 0 aromatic heterocycles. The van der Waals surface area contributed by atoms with Crippen LogP contribution in [0, 0.1) is 23.7 Å². The maximum atomic E-state index is 12.5. The molecule has 3 aliphatic rings. The Morgan fingerprint density at radius 3 is 1.21 bits per heavy atom. The van der Waals surface area contributed by atoms with Crippen LogP contribution in [0.5, 0.6) is 0 Å². The summed E-state index contributed by atoms with van der Waals surface area (Å²) in [7, 11) is 0. The molecule has 4 atom stereocenters. The normalized spacial score (nSPS) is 32.6. The van der Waals surface area contributed by atoms with E-state index in [9.17, 15) is 19.2 Å². The molecule has 24 heavy (non-hydrogen) atoms. The van der Waals surface area contributed by atoms with Gasteiger partial charge < -0.3 is 10.2 Å². The van der Waals surface area contributed by atoms with Gasteiger partial charge in [0.15, 0.2) is 0 Å². The van der Waals surface area contributed by atoms with Crippen molar-refractivity contribution in [1.82, 2.24) is 9.80 Å². The quantitative estimate of drug-likeness (QED) is 0.585. The maximum Gasteiger partial charge on any atom is 0.233 e. The molecule has 2 saturated heterocycles. The largest absolute Gasteiger partial charge is 0.396 e. The van der Waals surface area contributed by atoms with Gasteiger partial charge in [0, 0.05) is 26.3 Å². The predicted molar refractivity (Wildman–Crippen MR) is 80.0 cm³/mol. The highest BCUT2D eigenvalue weighted by Crippen LogP contribution is 2.47. The third kappa shape index (κ3) is 2.53. The van der Waals surface area contributed by atoms with Crippen molar-refractivity contribution in [3.05, 3.63) is 0 Å². The number of amides is 4. The van der Waals surface area contributed by atoms with Gasteiger partial charge in [-0.1, -0.05) is 0 Å². The van der Waals surface area contributed by atoms with Crippen LogP contribution in [0.15, 0.2) is 0 Å². The van der Waals surface area contributed by atoms with Crippen molar-refractivity contribution < 1.29 is 29.4 Å². The number of carbonyl (C=O) groups is 4. The fourth-order valence-corrected chi connectivity index (χ4v) is 4.21. The van der Waals surface area contributed by atoms with E-state index in [0.717, 1.165) is 0 Å². The van der Waals surface area contributed by atoms with Gasteiger partial charge in [-0.15, -0.1) is 0 Å². The van der Waals surface area contributed by atoms with Gasteiger partial charge in [0.1, 0.15) is 0 Å². The summed E-state index contributed by atoms with van der Waals surface area (Å²) in [5.41, 5.74) is 0. The van der Waals surface area contributed by atoms with Crippen molar-refractivity contribution in [1.29, 1.82) is 0 Å². The fourth-order valence-electron chi connectivity index (χ4n) is 4.21. The lowest BCUT2D eigenvalue weighted by atomic mass is 9.70. The van der Waals surface area contributed by atoms with Crippen LogP contribution >= 0.6 is 0 Å². The lowest BCUT2D eigenvalue weighted by Gasteiger charge is -2.28. The van der Waals surface area contributed by atoms with Gasteiger partial charge in [-0.05, 0) is 25.7 Å². The predicted octanol–water partition coefficient (Wildman–Crippen LogP) is -1.25. The monoisotopic (exact) mass is 338 g/mol. The molecule has 4 amide bonds. The van der Waals surface area contributed by atoms with Crippen LogP contribution in [0.2, 0.25) is 0 Å². The molecule has 0 aromatic rings. The Labute approximate surface area is 139 Å². The molecule has 1 aliphatic carbocycles. The molecule has 3 rings (SSSR count). The van der Waals surface area contributed by atoms with Gasteiger partial charge in [0.05, 0.1) is 23.7 Å². The molecule has 0 aromatic carbocycles. The van der Waals surface area contributed by atoms with Crippen LogP contribution in [-0.4, -0.2) is 69.9 Å². The van der Waals surface area contributed by atoms with Crippen molar-refractivity contribution in [3.63, 3.8) is 0 Å². The molecule has 4 unspecified atom stereocenters. The van der Waals surface area contributed by atoms with Crippen LogP contribution in [0.25, 0.3) is 0 Å². The van der Waals surface area contributed by atoms with Crippen LogP contribution < -0.4 is 0 Å². The molecule has 2 aliphatic heterocycles. The molecule has 1 saturated carbocycles. The zero-order valence-corrected chi connectivity index (χ0v) is 13.4. The van der Waals surface area contributed by atoms with E-state index >= 15 is 0 Å². The molecule has 0 spiro atoms. The summed E-state index contributed by atoms with van der Waals surface area (Å²) in [6, 6.07) is 0. The van der Waals surface area contributed by atoms with Crippen LogP contribution in [-0.2, 0) is 19.2 Å². The van der Waals surface area contributed by atoms with Gasteiger partial charge in [0.25, 0.3) is 0 Å². The lowest BCUT2D eigenvalue weighted by molar-refractivity contribution is -0.140. The molecular weight excluding hydrogens is 316 g/mol. The third-order valence-electron chi connectivity index (χ3n) is 5.40.